The molecule has 20 heavy (non-hydrogen) atoms. The molecule has 1 aromatic carbocycles. The van der Waals surface area contributed by atoms with Gasteiger partial charge < -0.3 is 15.8 Å². The number of nitrogens with two attached hydrogens (primary N) is 1. The Balaban J connectivity index is 1.97. The third-order valence-electron chi connectivity index (χ3n) is 3.44. The number of carbonyl (C=O) groups excluding carboxylic acids is 1. The lowest BCUT2D eigenvalue weighted by atomic mass is 10.0. The highest BCUT2D eigenvalue weighted by molar-refractivity contribution is 7.80. The second-order valence-corrected chi connectivity index (χ2v) is 5.39. The van der Waals surface area contributed by atoms with E-state index in [0.29, 0.717) is 17.7 Å². The third kappa shape index (κ3) is 3.32. The summed E-state index contributed by atoms with van der Waals surface area (Å²) in [6, 6.07) is 4.49. The van der Waals surface area contributed by atoms with Crippen molar-refractivity contribution in [1.29, 1.82) is 0 Å². The Kier molecular flexibility index (Phi) is 4.67. The zero-order valence-corrected chi connectivity index (χ0v) is 12.0. The van der Waals surface area contributed by atoms with E-state index < -0.39 is 11.9 Å². The summed E-state index contributed by atoms with van der Waals surface area (Å²) in [5.41, 5.74) is 6.30. The summed E-state index contributed by atoms with van der Waals surface area (Å²) >= 11 is 4.78. The Bertz CT molecular complexity index is 536. The lowest BCUT2D eigenvalue weighted by Gasteiger charge is -2.14. The first kappa shape index (κ1) is 14.9. The Labute approximate surface area is 122 Å². The van der Waals surface area contributed by atoms with Crippen molar-refractivity contribution in [3.63, 3.8) is 0 Å². The van der Waals surface area contributed by atoms with Gasteiger partial charge in [-0.15, -0.1) is 0 Å². The molecule has 0 aliphatic carbocycles. The van der Waals surface area contributed by atoms with E-state index in [2.05, 4.69) is 5.32 Å². The molecule has 1 aromatic rings. The van der Waals surface area contributed by atoms with Gasteiger partial charge in [0.25, 0.3) is 0 Å². The second-order valence-electron chi connectivity index (χ2n) is 4.95. The molecule has 0 radical (unpaired) electrons. The number of amides is 1. The van der Waals surface area contributed by atoms with Crippen LogP contribution in [0.5, 0.6) is 0 Å². The smallest absolute Gasteiger partial charge is 0.249 e. The monoisotopic (exact) mass is 296 g/mol. The molecule has 2 unspecified atom stereocenters. The maximum Gasteiger partial charge on any atom is 0.249 e. The van der Waals surface area contributed by atoms with Crippen LogP contribution in [0.25, 0.3) is 0 Å². The van der Waals surface area contributed by atoms with E-state index in [9.17, 15) is 9.18 Å². The van der Waals surface area contributed by atoms with Gasteiger partial charge in [-0.3, -0.25) is 4.79 Å². The lowest BCUT2D eigenvalue weighted by molar-refractivity contribution is -0.131. The van der Waals surface area contributed by atoms with Gasteiger partial charge in [0.05, 0.1) is 0 Å². The minimum atomic E-state index is -0.436. The average molecular weight is 296 g/mol. The van der Waals surface area contributed by atoms with Crippen molar-refractivity contribution >= 4 is 23.1 Å². The van der Waals surface area contributed by atoms with E-state index in [-0.39, 0.29) is 23.4 Å². The van der Waals surface area contributed by atoms with Gasteiger partial charge in [0, 0.05) is 24.3 Å². The van der Waals surface area contributed by atoms with Crippen LogP contribution in [-0.2, 0) is 16.1 Å². The number of ether oxygens (including phenoxy) is 1. The molecule has 1 heterocycles. The first-order valence-electron chi connectivity index (χ1n) is 6.46. The van der Waals surface area contributed by atoms with Gasteiger partial charge in [0.2, 0.25) is 5.91 Å². The molecule has 1 saturated heterocycles. The minimum absolute atomic E-state index is 0.120. The normalized spacial score (nSPS) is 21.7. The van der Waals surface area contributed by atoms with Crippen LogP contribution in [0.2, 0.25) is 0 Å². The Morgan fingerprint density at radius 1 is 1.60 bits per heavy atom. The van der Waals surface area contributed by atoms with Crippen LogP contribution in [-0.4, -0.2) is 23.6 Å². The van der Waals surface area contributed by atoms with Crippen LogP contribution < -0.4 is 11.1 Å². The quantitative estimate of drug-likeness (QED) is 0.827. The van der Waals surface area contributed by atoms with Gasteiger partial charge >= 0.3 is 0 Å². The van der Waals surface area contributed by atoms with Crippen molar-refractivity contribution in [3.05, 3.63) is 35.1 Å². The van der Waals surface area contributed by atoms with Crippen LogP contribution in [0.3, 0.4) is 0 Å². The number of nitrogens with one attached hydrogen (secondary N) is 1. The molecule has 4 nitrogen and oxygen atoms in total. The van der Waals surface area contributed by atoms with Crippen LogP contribution in [0.15, 0.2) is 18.2 Å². The van der Waals surface area contributed by atoms with Crippen molar-refractivity contribution in [2.75, 3.05) is 6.61 Å². The molecule has 6 heteroatoms. The standard InChI is InChI=1S/C14H17FN2O2S/c1-8-4-5-19-12(8)14(18)17-7-10-3-2-9(13(16)20)6-11(10)15/h2-3,6,8,12H,4-5,7H2,1H3,(H2,16,20)(H,17,18). The third-order valence-corrected chi connectivity index (χ3v) is 3.67. The van der Waals surface area contributed by atoms with Gasteiger partial charge in [0.15, 0.2) is 0 Å². The van der Waals surface area contributed by atoms with Crippen LogP contribution in [0.1, 0.15) is 24.5 Å². The molecule has 0 spiro atoms. The molecule has 0 saturated carbocycles. The molecule has 2 atom stereocenters. The fourth-order valence-electron chi connectivity index (χ4n) is 2.16. The van der Waals surface area contributed by atoms with Gasteiger partial charge in [0.1, 0.15) is 16.9 Å². The van der Waals surface area contributed by atoms with E-state index in [4.69, 9.17) is 22.7 Å². The highest BCUT2D eigenvalue weighted by atomic mass is 32.1. The average Bonchev–Trinajstić information content (AvgIpc) is 2.83. The van der Waals surface area contributed by atoms with Crippen molar-refractivity contribution in [3.8, 4) is 0 Å². The lowest BCUT2D eigenvalue weighted by Crippen LogP contribution is -2.37. The maximum atomic E-state index is 13.8. The van der Waals surface area contributed by atoms with Crippen LogP contribution in [0.4, 0.5) is 4.39 Å². The number of hydrogen-bond acceptors (Lipinski definition) is 3. The van der Waals surface area contributed by atoms with Gasteiger partial charge in [-0.1, -0.05) is 31.3 Å². The molecule has 0 bridgehead atoms. The zero-order chi connectivity index (χ0) is 14.7. The van der Waals surface area contributed by atoms with E-state index in [1.807, 2.05) is 6.92 Å². The first-order chi connectivity index (χ1) is 9.49. The summed E-state index contributed by atoms with van der Waals surface area (Å²) in [5.74, 6) is -0.444. The molecule has 3 N–H and O–H groups in total. The van der Waals surface area contributed by atoms with Crippen molar-refractivity contribution in [2.45, 2.75) is 26.0 Å². The van der Waals surface area contributed by atoms with Crippen LogP contribution in [0, 0.1) is 11.7 Å². The summed E-state index contributed by atoms with van der Waals surface area (Å²) in [7, 11) is 0. The maximum absolute atomic E-state index is 13.8. The van der Waals surface area contributed by atoms with E-state index >= 15 is 0 Å². The number of thiocarbonyl (C=S) groups is 1. The summed E-state index contributed by atoms with van der Waals surface area (Å²) in [4.78, 5) is 12.1. The summed E-state index contributed by atoms with van der Waals surface area (Å²) < 4.78 is 19.2. The van der Waals surface area contributed by atoms with Gasteiger partial charge in [-0.2, -0.15) is 0 Å². The van der Waals surface area contributed by atoms with Crippen molar-refractivity contribution in [1.82, 2.24) is 5.32 Å². The Hall–Kier alpha value is -1.53. The molecule has 108 valence electrons. The highest BCUT2D eigenvalue weighted by Gasteiger charge is 2.30. The molecular formula is C14H17FN2O2S. The molecule has 1 amide bonds. The fraction of sp³-hybridized carbons (Fsp3) is 0.429. The Morgan fingerprint density at radius 3 is 2.90 bits per heavy atom. The van der Waals surface area contributed by atoms with E-state index in [1.54, 1.807) is 12.1 Å². The summed E-state index contributed by atoms with van der Waals surface area (Å²) in [6.45, 7) is 2.68. The predicted octanol–water partition coefficient (Wildman–Crippen LogP) is 1.50. The van der Waals surface area contributed by atoms with E-state index in [1.165, 1.54) is 6.07 Å². The zero-order valence-electron chi connectivity index (χ0n) is 11.2. The number of halogens is 1. The number of benzene rings is 1. The highest BCUT2D eigenvalue weighted by Crippen LogP contribution is 2.20. The van der Waals surface area contributed by atoms with E-state index in [0.717, 1.165) is 6.42 Å². The molecule has 1 fully saturated rings. The van der Waals surface area contributed by atoms with Gasteiger partial charge in [-0.05, 0) is 18.4 Å². The predicted molar refractivity (Wildman–Crippen MR) is 77.7 cm³/mol. The fourth-order valence-corrected chi connectivity index (χ4v) is 2.28. The number of carbonyl (C=O) groups is 1. The minimum Gasteiger partial charge on any atom is -0.389 e. The summed E-state index contributed by atoms with van der Waals surface area (Å²) in [6.07, 6.45) is 0.434. The molecule has 1 aliphatic heterocycles. The molecule has 1 aliphatic rings. The largest absolute Gasteiger partial charge is 0.389 e. The molecule has 2 rings (SSSR count). The number of rotatable bonds is 4. The summed E-state index contributed by atoms with van der Waals surface area (Å²) in [5, 5.41) is 2.69. The first-order valence-corrected chi connectivity index (χ1v) is 6.87. The Morgan fingerprint density at radius 2 is 2.35 bits per heavy atom. The van der Waals surface area contributed by atoms with Crippen LogP contribution >= 0.6 is 12.2 Å². The second kappa shape index (κ2) is 6.28. The molecule has 0 aromatic heterocycles. The van der Waals surface area contributed by atoms with Gasteiger partial charge in [-0.25, -0.2) is 4.39 Å². The topological polar surface area (TPSA) is 64.3 Å². The number of hydrogen-bond donors (Lipinski definition) is 2. The SMILES string of the molecule is CC1CCOC1C(=O)NCc1ccc(C(N)=S)cc1F. The van der Waals surface area contributed by atoms with Crippen molar-refractivity contribution < 1.29 is 13.9 Å². The molecular weight excluding hydrogens is 279 g/mol. The van der Waals surface area contributed by atoms with Crippen molar-refractivity contribution in [2.24, 2.45) is 11.7 Å².